The van der Waals surface area contributed by atoms with Crippen molar-refractivity contribution in [1.82, 2.24) is 0 Å². The highest BCUT2D eigenvalue weighted by Gasteiger charge is 2.24. The predicted molar refractivity (Wildman–Crippen MR) is 235 cm³/mol. The Bertz CT molecular complexity index is 2510. The molecule has 0 saturated carbocycles. The van der Waals surface area contributed by atoms with Gasteiger partial charge in [-0.25, -0.2) is 0 Å². The molecule has 0 spiro atoms. The summed E-state index contributed by atoms with van der Waals surface area (Å²) >= 11 is 1.87. The second kappa shape index (κ2) is 15.6. The van der Waals surface area contributed by atoms with Gasteiger partial charge in [0.2, 0.25) is 0 Å². The minimum absolute atomic E-state index is 1.11. The minimum atomic E-state index is 1.11. The number of hydrogen-bond donors (Lipinski definition) is 0. The van der Waals surface area contributed by atoms with Crippen molar-refractivity contribution in [1.29, 1.82) is 0 Å². The largest absolute Gasteiger partial charge is 0.311 e. The Balaban J connectivity index is 1.21. The van der Waals surface area contributed by atoms with E-state index in [9.17, 15) is 0 Å². The zero-order valence-electron chi connectivity index (χ0n) is 30.2. The number of thiophene rings is 1. The Kier molecular flexibility index (Phi) is 9.59. The lowest BCUT2D eigenvalue weighted by molar-refractivity contribution is 1.28. The molecule has 0 aliphatic rings. The van der Waals surface area contributed by atoms with Crippen LogP contribution in [0.3, 0.4) is 0 Å². The topological polar surface area (TPSA) is 6.48 Å². The molecule has 9 aromatic rings. The van der Waals surface area contributed by atoms with Gasteiger partial charge in [-0.05, 0) is 95.1 Å². The van der Waals surface area contributed by atoms with Crippen LogP contribution in [-0.4, -0.2) is 0 Å². The quantitative estimate of drug-likeness (QED) is 0.139. The monoisotopic (exact) mass is 722 g/mol. The van der Waals surface area contributed by atoms with Gasteiger partial charge in [0.15, 0.2) is 0 Å². The number of anilines is 6. The molecule has 0 fully saturated rings. The zero-order valence-corrected chi connectivity index (χ0v) is 31.1. The van der Waals surface area contributed by atoms with E-state index in [2.05, 4.69) is 240 Å². The van der Waals surface area contributed by atoms with E-state index in [1.54, 1.807) is 0 Å². The highest BCUT2D eigenvalue weighted by atomic mass is 32.1. The van der Waals surface area contributed by atoms with Crippen LogP contribution in [0.15, 0.2) is 231 Å². The zero-order chi connectivity index (χ0) is 36.8. The van der Waals surface area contributed by atoms with Crippen LogP contribution in [0.5, 0.6) is 0 Å². The summed E-state index contributed by atoms with van der Waals surface area (Å²) in [5.41, 5.74) is 14.0. The number of hydrogen-bond acceptors (Lipinski definition) is 3. The van der Waals surface area contributed by atoms with Gasteiger partial charge in [0, 0.05) is 55.0 Å². The molecule has 8 aromatic carbocycles. The first-order valence-electron chi connectivity index (χ1n) is 18.6. The van der Waals surface area contributed by atoms with Crippen molar-refractivity contribution in [3.63, 3.8) is 0 Å². The molecule has 262 valence electrons. The molecule has 0 atom stereocenters. The molecule has 0 aliphatic carbocycles. The number of rotatable bonds is 10. The first-order valence-corrected chi connectivity index (χ1v) is 19.4. The van der Waals surface area contributed by atoms with Crippen molar-refractivity contribution in [2.45, 2.75) is 0 Å². The molecule has 0 amide bonds. The Labute approximate surface area is 327 Å². The third-order valence-corrected chi connectivity index (χ3v) is 11.2. The Morgan fingerprint density at radius 2 is 0.455 bits per heavy atom. The van der Waals surface area contributed by atoms with E-state index in [1.165, 1.54) is 43.1 Å². The van der Waals surface area contributed by atoms with Gasteiger partial charge in [0.05, 0.1) is 0 Å². The third-order valence-electron chi connectivity index (χ3n) is 9.87. The van der Waals surface area contributed by atoms with Crippen LogP contribution in [0.2, 0.25) is 0 Å². The first-order chi connectivity index (χ1) is 27.3. The van der Waals surface area contributed by atoms with E-state index in [0.29, 0.717) is 0 Å². The van der Waals surface area contributed by atoms with Crippen LogP contribution in [-0.2, 0) is 0 Å². The maximum absolute atomic E-state index is 2.32. The van der Waals surface area contributed by atoms with Crippen LogP contribution >= 0.6 is 11.3 Å². The standard InChI is InChI=1S/C52H38N2S/c1-7-19-39(20-8-1)49-50(40-31-35-47(36-32-40)53(43-23-11-3-12-24-43)44-25-13-4-14-26-44)52(55-51(49)41-21-9-2-10-22-41)42-33-37-48(38-34-42)54(45-27-15-5-16-28-45)46-29-17-6-18-30-46/h1-38H. The molecule has 1 heterocycles. The minimum Gasteiger partial charge on any atom is -0.311 e. The van der Waals surface area contributed by atoms with E-state index in [0.717, 1.165) is 34.1 Å². The van der Waals surface area contributed by atoms with Gasteiger partial charge in [-0.3, -0.25) is 0 Å². The summed E-state index contributed by atoms with van der Waals surface area (Å²) in [7, 11) is 0. The fraction of sp³-hybridized carbons (Fsp3) is 0. The van der Waals surface area contributed by atoms with E-state index in [1.807, 2.05) is 11.3 Å². The van der Waals surface area contributed by atoms with Crippen LogP contribution in [0, 0.1) is 0 Å². The molecule has 1 aromatic heterocycles. The van der Waals surface area contributed by atoms with Crippen molar-refractivity contribution in [3.05, 3.63) is 231 Å². The molecule has 0 N–H and O–H groups in total. The molecule has 0 unspecified atom stereocenters. The fourth-order valence-corrected chi connectivity index (χ4v) is 8.68. The number of para-hydroxylation sites is 4. The summed E-state index contributed by atoms with van der Waals surface area (Å²) in [6.45, 7) is 0. The van der Waals surface area contributed by atoms with Crippen LogP contribution in [0.25, 0.3) is 43.1 Å². The molecule has 0 aliphatic heterocycles. The molecular weight excluding hydrogens is 685 g/mol. The van der Waals surface area contributed by atoms with E-state index < -0.39 is 0 Å². The van der Waals surface area contributed by atoms with Gasteiger partial charge < -0.3 is 9.80 Å². The van der Waals surface area contributed by atoms with Gasteiger partial charge in [0.1, 0.15) is 0 Å². The lowest BCUT2D eigenvalue weighted by Crippen LogP contribution is -2.09. The van der Waals surface area contributed by atoms with Crippen molar-refractivity contribution in [3.8, 4) is 43.1 Å². The highest BCUT2D eigenvalue weighted by Crippen LogP contribution is 2.52. The summed E-state index contributed by atoms with van der Waals surface area (Å²) < 4.78 is 0. The third kappa shape index (κ3) is 6.97. The molecular formula is C52H38N2S. The van der Waals surface area contributed by atoms with E-state index in [4.69, 9.17) is 0 Å². The average Bonchev–Trinajstić information content (AvgIpc) is 3.67. The SMILES string of the molecule is c1ccc(-c2sc(-c3ccc(N(c4ccccc4)c4ccccc4)cc3)c(-c3ccc(N(c4ccccc4)c4ccccc4)cc3)c2-c2ccccc2)cc1. The van der Waals surface area contributed by atoms with Crippen molar-refractivity contribution in [2.75, 3.05) is 9.80 Å². The van der Waals surface area contributed by atoms with Gasteiger partial charge in [-0.1, -0.05) is 158 Å². The molecule has 0 radical (unpaired) electrons. The second-order valence-electron chi connectivity index (χ2n) is 13.3. The highest BCUT2D eigenvalue weighted by molar-refractivity contribution is 7.20. The molecule has 55 heavy (non-hydrogen) atoms. The Morgan fingerprint density at radius 3 is 0.800 bits per heavy atom. The predicted octanol–water partition coefficient (Wildman–Crippen LogP) is 15.4. The fourth-order valence-electron chi connectivity index (χ4n) is 7.32. The molecule has 0 saturated heterocycles. The maximum Gasteiger partial charge on any atom is 0.0462 e. The molecule has 3 heteroatoms. The first kappa shape index (κ1) is 33.9. The van der Waals surface area contributed by atoms with E-state index >= 15 is 0 Å². The van der Waals surface area contributed by atoms with Gasteiger partial charge in [-0.15, -0.1) is 11.3 Å². The average molecular weight is 723 g/mol. The molecule has 9 rings (SSSR count). The van der Waals surface area contributed by atoms with Crippen molar-refractivity contribution >= 4 is 45.5 Å². The number of benzene rings is 8. The summed E-state index contributed by atoms with van der Waals surface area (Å²) in [6.07, 6.45) is 0. The van der Waals surface area contributed by atoms with E-state index in [-0.39, 0.29) is 0 Å². The Morgan fingerprint density at radius 1 is 0.218 bits per heavy atom. The van der Waals surface area contributed by atoms with Gasteiger partial charge >= 0.3 is 0 Å². The number of nitrogens with zero attached hydrogens (tertiary/aromatic N) is 2. The maximum atomic E-state index is 2.32. The summed E-state index contributed by atoms with van der Waals surface area (Å²) in [5.74, 6) is 0. The normalized spacial score (nSPS) is 10.9. The van der Waals surface area contributed by atoms with Gasteiger partial charge in [-0.2, -0.15) is 0 Å². The van der Waals surface area contributed by atoms with Crippen LogP contribution in [0.4, 0.5) is 34.1 Å². The Hall–Kier alpha value is -6.94. The van der Waals surface area contributed by atoms with Crippen molar-refractivity contribution in [2.24, 2.45) is 0 Å². The van der Waals surface area contributed by atoms with Crippen LogP contribution < -0.4 is 9.80 Å². The lowest BCUT2D eigenvalue weighted by atomic mass is 9.91. The summed E-state index contributed by atoms with van der Waals surface area (Å²) in [4.78, 5) is 7.13. The lowest BCUT2D eigenvalue weighted by Gasteiger charge is -2.26. The smallest absolute Gasteiger partial charge is 0.0462 e. The summed E-state index contributed by atoms with van der Waals surface area (Å²) in [6, 6.07) is 82.2. The molecule has 2 nitrogen and oxygen atoms in total. The van der Waals surface area contributed by atoms with Crippen LogP contribution in [0.1, 0.15) is 0 Å². The second-order valence-corrected chi connectivity index (χ2v) is 14.4. The molecule has 0 bridgehead atoms. The summed E-state index contributed by atoms with van der Waals surface area (Å²) in [5, 5.41) is 0. The van der Waals surface area contributed by atoms with Gasteiger partial charge in [0.25, 0.3) is 0 Å². The van der Waals surface area contributed by atoms with Crippen molar-refractivity contribution < 1.29 is 0 Å².